The van der Waals surface area contributed by atoms with E-state index in [0.29, 0.717) is 19.4 Å². The normalized spacial score (nSPS) is 12.8. The zero-order valence-electron chi connectivity index (χ0n) is 13.7. The van der Waals surface area contributed by atoms with Crippen LogP contribution in [0.4, 0.5) is 4.39 Å². The average Bonchev–Trinajstić information content (AvgIpc) is 2.58. The molecule has 0 radical (unpaired) electrons. The lowest BCUT2D eigenvalue weighted by atomic mass is 10.00. The monoisotopic (exact) mass is 350 g/mol. The Kier molecular flexibility index (Phi) is 8.44. The number of benzene rings is 2. The highest BCUT2D eigenvalue weighted by molar-refractivity contribution is 5.85. The number of aryl methyl sites for hydroxylation is 1. The number of amides is 1. The third-order valence-corrected chi connectivity index (χ3v) is 3.93. The van der Waals surface area contributed by atoms with Crippen LogP contribution in [0, 0.1) is 11.7 Å². The molecule has 0 aliphatic rings. The van der Waals surface area contributed by atoms with Crippen molar-refractivity contribution in [3.8, 4) is 0 Å². The molecule has 3 nitrogen and oxygen atoms in total. The highest BCUT2D eigenvalue weighted by Gasteiger charge is 2.14. The first-order valence-corrected chi connectivity index (χ1v) is 7.89. The molecule has 0 bridgehead atoms. The summed E-state index contributed by atoms with van der Waals surface area (Å²) < 4.78 is 13.1. The van der Waals surface area contributed by atoms with Crippen LogP contribution in [0.3, 0.4) is 0 Å². The van der Waals surface area contributed by atoms with Gasteiger partial charge in [-0.1, -0.05) is 49.4 Å². The van der Waals surface area contributed by atoms with Crippen molar-refractivity contribution in [1.82, 2.24) is 5.32 Å². The number of halogens is 2. The van der Waals surface area contributed by atoms with E-state index in [1.807, 2.05) is 43.3 Å². The van der Waals surface area contributed by atoms with Gasteiger partial charge in [0.25, 0.3) is 0 Å². The fourth-order valence-corrected chi connectivity index (χ4v) is 2.41. The van der Waals surface area contributed by atoms with E-state index in [9.17, 15) is 9.18 Å². The van der Waals surface area contributed by atoms with Crippen LogP contribution in [0.25, 0.3) is 0 Å². The van der Waals surface area contributed by atoms with Gasteiger partial charge in [0.2, 0.25) is 5.91 Å². The minimum atomic E-state index is -0.242. The van der Waals surface area contributed by atoms with E-state index in [1.165, 1.54) is 12.1 Å². The number of nitrogens with two attached hydrogens (primary N) is 1. The molecule has 5 heteroatoms. The molecule has 130 valence electrons. The van der Waals surface area contributed by atoms with Gasteiger partial charge in [-0.25, -0.2) is 4.39 Å². The molecule has 0 aliphatic carbocycles. The number of rotatable bonds is 7. The van der Waals surface area contributed by atoms with Crippen LogP contribution in [0.2, 0.25) is 0 Å². The largest absolute Gasteiger partial charge is 0.354 e. The summed E-state index contributed by atoms with van der Waals surface area (Å²) in [6, 6.07) is 16.0. The van der Waals surface area contributed by atoms with E-state index >= 15 is 0 Å². The highest BCUT2D eigenvalue weighted by atomic mass is 35.5. The van der Waals surface area contributed by atoms with Crippen LogP contribution in [0.5, 0.6) is 0 Å². The zero-order valence-corrected chi connectivity index (χ0v) is 14.6. The lowest BCUT2D eigenvalue weighted by Crippen LogP contribution is -2.35. The summed E-state index contributed by atoms with van der Waals surface area (Å²) in [6.07, 6.45) is 1.35. The fraction of sp³-hybridized carbons (Fsp3) is 0.316. The van der Waals surface area contributed by atoms with Gasteiger partial charge < -0.3 is 11.1 Å². The number of hydrogen-bond acceptors (Lipinski definition) is 2. The van der Waals surface area contributed by atoms with Crippen molar-refractivity contribution in [2.24, 2.45) is 11.7 Å². The van der Waals surface area contributed by atoms with Crippen molar-refractivity contribution in [2.45, 2.75) is 25.8 Å². The molecule has 2 unspecified atom stereocenters. The van der Waals surface area contributed by atoms with Crippen molar-refractivity contribution < 1.29 is 9.18 Å². The number of carbonyl (C=O) groups excluding carboxylic acids is 1. The van der Waals surface area contributed by atoms with Crippen LogP contribution in [-0.4, -0.2) is 12.5 Å². The van der Waals surface area contributed by atoms with Gasteiger partial charge in [-0.15, -0.1) is 12.4 Å². The Hall–Kier alpha value is -1.91. The lowest BCUT2D eigenvalue weighted by molar-refractivity contribution is -0.124. The Balaban J connectivity index is 0.00000288. The van der Waals surface area contributed by atoms with E-state index in [4.69, 9.17) is 5.73 Å². The Labute approximate surface area is 148 Å². The molecular formula is C19H24ClFN2O. The van der Waals surface area contributed by atoms with Gasteiger partial charge in [-0.2, -0.15) is 0 Å². The van der Waals surface area contributed by atoms with Crippen molar-refractivity contribution in [1.29, 1.82) is 0 Å². The van der Waals surface area contributed by atoms with Crippen LogP contribution in [-0.2, 0) is 11.2 Å². The molecule has 24 heavy (non-hydrogen) atoms. The summed E-state index contributed by atoms with van der Waals surface area (Å²) in [5.41, 5.74) is 7.98. The van der Waals surface area contributed by atoms with E-state index in [2.05, 4.69) is 5.32 Å². The first kappa shape index (κ1) is 20.1. The molecule has 0 saturated carbocycles. The second-order valence-corrected chi connectivity index (χ2v) is 5.83. The molecule has 2 aromatic carbocycles. The predicted molar refractivity (Wildman–Crippen MR) is 97.5 cm³/mol. The highest BCUT2D eigenvalue weighted by Crippen LogP contribution is 2.12. The van der Waals surface area contributed by atoms with Gasteiger partial charge in [0.1, 0.15) is 5.82 Å². The van der Waals surface area contributed by atoms with Crippen molar-refractivity contribution in [2.75, 3.05) is 6.54 Å². The van der Waals surface area contributed by atoms with Gasteiger partial charge in [0.05, 0.1) is 0 Å². The first-order chi connectivity index (χ1) is 11.1. The summed E-state index contributed by atoms with van der Waals surface area (Å²) in [5, 5.41) is 2.89. The summed E-state index contributed by atoms with van der Waals surface area (Å²) in [5.74, 6) is -0.400. The molecule has 0 fully saturated rings. The summed E-state index contributed by atoms with van der Waals surface area (Å²) in [7, 11) is 0. The summed E-state index contributed by atoms with van der Waals surface area (Å²) >= 11 is 0. The second kappa shape index (κ2) is 10.1. The minimum Gasteiger partial charge on any atom is -0.354 e. The Bertz CT molecular complexity index is 636. The van der Waals surface area contributed by atoms with Crippen molar-refractivity contribution in [3.63, 3.8) is 0 Å². The van der Waals surface area contributed by atoms with Gasteiger partial charge >= 0.3 is 0 Å². The quantitative estimate of drug-likeness (QED) is 0.801. The molecule has 0 heterocycles. The van der Waals surface area contributed by atoms with Crippen LogP contribution >= 0.6 is 12.4 Å². The number of carbonyl (C=O) groups is 1. The summed E-state index contributed by atoms with van der Waals surface area (Å²) in [4.78, 5) is 12.1. The molecular weight excluding hydrogens is 327 g/mol. The van der Waals surface area contributed by atoms with Crippen LogP contribution in [0.15, 0.2) is 54.6 Å². The second-order valence-electron chi connectivity index (χ2n) is 5.83. The minimum absolute atomic E-state index is 0. The Morgan fingerprint density at radius 3 is 2.54 bits per heavy atom. The van der Waals surface area contributed by atoms with E-state index in [0.717, 1.165) is 11.1 Å². The lowest BCUT2D eigenvalue weighted by Gasteiger charge is -2.16. The molecule has 1 amide bonds. The van der Waals surface area contributed by atoms with E-state index in [-0.39, 0.29) is 36.1 Å². The molecule has 2 aromatic rings. The average molecular weight is 351 g/mol. The SMILES string of the molecule is CC(CCc1cccc(F)c1)C(=O)NCC(N)c1ccccc1.Cl. The molecule has 2 atom stereocenters. The molecule has 0 aromatic heterocycles. The zero-order chi connectivity index (χ0) is 16.7. The standard InChI is InChI=1S/C19H23FN2O.ClH/c1-14(10-11-15-6-5-9-17(20)12-15)19(23)22-13-18(21)16-7-3-2-4-8-16;/h2-9,12,14,18H,10-11,13,21H2,1H3,(H,22,23);1H. The summed E-state index contributed by atoms with van der Waals surface area (Å²) in [6.45, 7) is 2.29. The number of hydrogen-bond donors (Lipinski definition) is 2. The predicted octanol–water partition coefficient (Wildman–Crippen LogP) is 3.63. The molecule has 2 rings (SSSR count). The maximum absolute atomic E-state index is 13.1. The van der Waals surface area contributed by atoms with E-state index in [1.54, 1.807) is 6.07 Å². The Morgan fingerprint density at radius 1 is 1.17 bits per heavy atom. The van der Waals surface area contributed by atoms with Gasteiger partial charge in [0.15, 0.2) is 0 Å². The smallest absolute Gasteiger partial charge is 0.222 e. The maximum atomic E-state index is 13.1. The van der Waals surface area contributed by atoms with Gasteiger partial charge in [-0.05, 0) is 36.1 Å². The van der Waals surface area contributed by atoms with Crippen molar-refractivity contribution in [3.05, 3.63) is 71.5 Å². The van der Waals surface area contributed by atoms with Crippen LogP contribution < -0.4 is 11.1 Å². The maximum Gasteiger partial charge on any atom is 0.222 e. The Morgan fingerprint density at radius 2 is 1.88 bits per heavy atom. The number of nitrogens with one attached hydrogen (secondary N) is 1. The van der Waals surface area contributed by atoms with Crippen molar-refractivity contribution >= 4 is 18.3 Å². The molecule has 0 saturated heterocycles. The van der Waals surface area contributed by atoms with Crippen LogP contribution in [0.1, 0.15) is 30.5 Å². The third-order valence-electron chi connectivity index (χ3n) is 3.93. The first-order valence-electron chi connectivity index (χ1n) is 7.89. The van der Waals surface area contributed by atoms with Gasteiger partial charge in [-0.3, -0.25) is 4.79 Å². The fourth-order valence-electron chi connectivity index (χ4n) is 2.41. The molecule has 0 spiro atoms. The van der Waals surface area contributed by atoms with Gasteiger partial charge in [0, 0.05) is 18.5 Å². The third kappa shape index (κ3) is 6.30. The van der Waals surface area contributed by atoms with E-state index < -0.39 is 0 Å². The molecule has 0 aliphatic heterocycles. The molecule has 3 N–H and O–H groups in total. The topological polar surface area (TPSA) is 55.1 Å².